The first-order valence-corrected chi connectivity index (χ1v) is 5.30. The van der Waals surface area contributed by atoms with E-state index in [2.05, 4.69) is 11.8 Å². The van der Waals surface area contributed by atoms with Crippen LogP contribution in [0.4, 0.5) is 0 Å². The summed E-state index contributed by atoms with van der Waals surface area (Å²) in [4.78, 5) is 0. The van der Waals surface area contributed by atoms with Crippen LogP contribution in [0.25, 0.3) is 0 Å². The van der Waals surface area contributed by atoms with Gasteiger partial charge < -0.3 is 9.47 Å². The summed E-state index contributed by atoms with van der Waals surface area (Å²) in [5.74, 6) is 2.48. The van der Waals surface area contributed by atoms with E-state index in [1.165, 1.54) is 17.9 Å². The van der Waals surface area contributed by atoms with E-state index in [9.17, 15) is 0 Å². The van der Waals surface area contributed by atoms with Crippen molar-refractivity contribution in [2.75, 3.05) is 37.9 Å². The number of hydrogen-bond acceptors (Lipinski definition) is 3. The van der Waals surface area contributed by atoms with Gasteiger partial charge in [0.15, 0.2) is 0 Å². The lowest BCUT2D eigenvalue weighted by Gasteiger charge is -2.41. The highest BCUT2D eigenvalue weighted by Crippen LogP contribution is 2.33. The van der Waals surface area contributed by atoms with Crippen LogP contribution in [0, 0.1) is 5.41 Å². The molecule has 2 aliphatic rings. The molecule has 0 N–H and O–H groups in total. The molecule has 0 radical (unpaired) electrons. The lowest BCUT2D eigenvalue weighted by atomic mass is 9.89. The quantitative estimate of drug-likeness (QED) is 0.549. The van der Waals surface area contributed by atoms with Gasteiger partial charge in [0.05, 0.1) is 19.8 Å². The molecule has 0 unspecified atom stereocenters. The molecule has 2 nitrogen and oxygen atoms in total. The summed E-state index contributed by atoms with van der Waals surface area (Å²) in [7, 11) is 0. The molecular weight excluding hydrogens is 160 g/mol. The average Bonchev–Trinajstić information content (AvgIpc) is 1.82. The molecule has 0 aromatic rings. The van der Waals surface area contributed by atoms with Gasteiger partial charge >= 0.3 is 0 Å². The van der Waals surface area contributed by atoms with Crippen LogP contribution in [0.3, 0.4) is 0 Å². The summed E-state index contributed by atoms with van der Waals surface area (Å²) in [6.45, 7) is 3.69. The first-order valence-electron chi connectivity index (χ1n) is 4.15. The first kappa shape index (κ1) is 7.90. The molecule has 0 aliphatic carbocycles. The molecule has 0 amide bonds. The standard InChI is InChI=1S/C8H14O2S/c1-2-9-4-8(5-10-6-8)7-11-3-1/h1-7H2. The summed E-state index contributed by atoms with van der Waals surface area (Å²) >= 11 is 2.05. The zero-order valence-corrected chi connectivity index (χ0v) is 7.49. The smallest absolute Gasteiger partial charge is 0.0575 e. The fourth-order valence-corrected chi connectivity index (χ4v) is 2.59. The van der Waals surface area contributed by atoms with Gasteiger partial charge in [0.1, 0.15) is 0 Å². The summed E-state index contributed by atoms with van der Waals surface area (Å²) in [6.07, 6.45) is 1.21. The van der Waals surface area contributed by atoms with E-state index in [0.717, 1.165) is 26.4 Å². The summed E-state index contributed by atoms with van der Waals surface area (Å²) in [6, 6.07) is 0. The van der Waals surface area contributed by atoms with Gasteiger partial charge in [-0.1, -0.05) is 0 Å². The van der Waals surface area contributed by atoms with Crippen molar-refractivity contribution in [1.29, 1.82) is 0 Å². The van der Waals surface area contributed by atoms with Crippen molar-refractivity contribution in [2.45, 2.75) is 6.42 Å². The van der Waals surface area contributed by atoms with Gasteiger partial charge in [0, 0.05) is 17.8 Å². The van der Waals surface area contributed by atoms with E-state index in [4.69, 9.17) is 9.47 Å². The maximum Gasteiger partial charge on any atom is 0.0575 e. The zero-order valence-electron chi connectivity index (χ0n) is 6.67. The molecule has 0 atom stereocenters. The van der Waals surface area contributed by atoms with Gasteiger partial charge in [0.2, 0.25) is 0 Å². The zero-order chi connectivity index (χ0) is 7.57. The van der Waals surface area contributed by atoms with E-state index in [0.29, 0.717) is 5.41 Å². The molecule has 64 valence electrons. The summed E-state index contributed by atoms with van der Waals surface area (Å²) in [5.41, 5.74) is 0.394. The third-order valence-electron chi connectivity index (χ3n) is 2.21. The van der Waals surface area contributed by atoms with E-state index < -0.39 is 0 Å². The number of ether oxygens (including phenoxy) is 2. The molecule has 0 aromatic carbocycles. The highest BCUT2D eigenvalue weighted by molar-refractivity contribution is 7.99. The second-order valence-corrected chi connectivity index (χ2v) is 4.56. The fraction of sp³-hybridized carbons (Fsp3) is 1.00. The van der Waals surface area contributed by atoms with Crippen LogP contribution >= 0.6 is 11.8 Å². The Balaban J connectivity index is 1.86. The molecule has 0 saturated carbocycles. The maximum absolute atomic E-state index is 5.54. The highest BCUT2D eigenvalue weighted by atomic mass is 32.2. The Hall–Kier alpha value is 0.270. The van der Waals surface area contributed by atoms with Crippen molar-refractivity contribution in [3.63, 3.8) is 0 Å². The Kier molecular flexibility index (Phi) is 2.39. The molecule has 1 spiro atoms. The van der Waals surface area contributed by atoms with Crippen LogP contribution in [-0.2, 0) is 9.47 Å². The molecule has 2 rings (SSSR count). The molecule has 2 saturated heterocycles. The van der Waals surface area contributed by atoms with Gasteiger partial charge in [-0.25, -0.2) is 0 Å². The predicted octanol–water partition coefficient (Wildman–Crippen LogP) is 1.16. The minimum atomic E-state index is 0.394. The van der Waals surface area contributed by atoms with E-state index >= 15 is 0 Å². The normalized spacial score (nSPS) is 30.5. The lowest BCUT2D eigenvalue weighted by Crippen LogP contribution is -2.49. The maximum atomic E-state index is 5.54. The van der Waals surface area contributed by atoms with Crippen molar-refractivity contribution in [1.82, 2.24) is 0 Å². The van der Waals surface area contributed by atoms with Crippen LogP contribution in [0.5, 0.6) is 0 Å². The van der Waals surface area contributed by atoms with Crippen LogP contribution in [0.15, 0.2) is 0 Å². The third-order valence-corrected chi connectivity index (χ3v) is 3.60. The molecular formula is C8H14O2S. The number of hydrogen-bond donors (Lipinski definition) is 0. The summed E-state index contributed by atoms with van der Waals surface area (Å²) < 4.78 is 10.8. The SMILES string of the molecule is C1COCC2(COC2)CSC1. The second-order valence-electron chi connectivity index (χ2n) is 3.45. The molecule has 0 bridgehead atoms. The Morgan fingerprint density at radius 1 is 1.09 bits per heavy atom. The fourth-order valence-electron chi connectivity index (χ4n) is 1.44. The van der Waals surface area contributed by atoms with Crippen LogP contribution in [0.1, 0.15) is 6.42 Å². The Morgan fingerprint density at radius 2 is 1.91 bits per heavy atom. The van der Waals surface area contributed by atoms with E-state index in [1.54, 1.807) is 0 Å². The minimum Gasteiger partial charge on any atom is -0.381 e. The Morgan fingerprint density at radius 3 is 2.64 bits per heavy atom. The summed E-state index contributed by atoms with van der Waals surface area (Å²) in [5, 5.41) is 0. The topological polar surface area (TPSA) is 18.5 Å². The van der Waals surface area contributed by atoms with Gasteiger partial charge in [-0.2, -0.15) is 11.8 Å². The predicted molar refractivity (Wildman–Crippen MR) is 46.0 cm³/mol. The van der Waals surface area contributed by atoms with Crippen LogP contribution < -0.4 is 0 Å². The molecule has 11 heavy (non-hydrogen) atoms. The number of rotatable bonds is 0. The Labute approximate surface area is 71.6 Å². The monoisotopic (exact) mass is 174 g/mol. The van der Waals surface area contributed by atoms with E-state index in [1.807, 2.05) is 0 Å². The van der Waals surface area contributed by atoms with Crippen LogP contribution in [-0.4, -0.2) is 37.9 Å². The van der Waals surface area contributed by atoms with Gasteiger partial charge in [0.25, 0.3) is 0 Å². The van der Waals surface area contributed by atoms with Crippen molar-refractivity contribution in [2.24, 2.45) is 5.41 Å². The number of thioether (sulfide) groups is 1. The highest BCUT2D eigenvalue weighted by Gasteiger charge is 2.39. The minimum absolute atomic E-state index is 0.394. The average molecular weight is 174 g/mol. The molecule has 2 heterocycles. The molecule has 2 fully saturated rings. The van der Waals surface area contributed by atoms with Crippen molar-refractivity contribution in [3.05, 3.63) is 0 Å². The van der Waals surface area contributed by atoms with Crippen LogP contribution in [0.2, 0.25) is 0 Å². The molecule has 0 aromatic heterocycles. The molecule has 2 aliphatic heterocycles. The third kappa shape index (κ3) is 1.71. The lowest BCUT2D eigenvalue weighted by molar-refractivity contribution is -0.135. The van der Waals surface area contributed by atoms with Gasteiger partial charge in [-0.05, 0) is 12.2 Å². The van der Waals surface area contributed by atoms with Gasteiger partial charge in [-0.3, -0.25) is 0 Å². The van der Waals surface area contributed by atoms with Crippen molar-refractivity contribution in [3.8, 4) is 0 Å². The largest absolute Gasteiger partial charge is 0.381 e. The first-order chi connectivity index (χ1) is 5.41. The van der Waals surface area contributed by atoms with Crippen molar-refractivity contribution < 1.29 is 9.47 Å². The van der Waals surface area contributed by atoms with E-state index in [-0.39, 0.29) is 0 Å². The Bertz CT molecular complexity index is 124. The van der Waals surface area contributed by atoms with Crippen molar-refractivity contribution >= 4 is 11.8 Å². The molecule has 3 heteroatoms. The second kappa shape index (κ2) is 3.33. The van der Waals surface area contributed by atoms with Gasteiger partial charge in [-0.15, -0.1) is 0 Å².